The van der Waals surface area contributed by atoms with Gasteiger partial charge >= 0.3 is 0 Å². The van der Waals surface area contributed by atoms with Crippen LogP contribution in [0, 0.1) is 5.41 Å². The molecule has 0 rings (SSSR count). The molecule has 0 spiro atoms. The Morgan fingerprint density at radius 3 is 2.35 bits per heavy atom. The van der Waals surface area contributed by atoms with Crippen LogP contribution in [0.1, 0.15) is 41.0 Å². The maximum absolute atomic E-state index is 11.7. The van der Waals surface area contributed by atoms with Crippen LogP contribution in [0.2, 0.25) is 0 Å². The van der Waals surface area contributed by atoms with Crippen LogP contribution in [0.5, 0.6) is 0 Å². The standard InChI is InChI=1S/C13H24N2O2/c1-6-7-8-9-14-11(16)10(2)15-12(17)13(3,4)5/h6-7,10H,8-9H2,1-5H3,(H,14,16)(H,15,17)/b7-6+. The van der Waals surface area contributed by atoms with Gasteiger partial charge in [0.15, 0.2) is 0 Å². The third-order valence-corrected chi connectivity index (χ3v) is 2.27. The van der Waals surface area contributed by atoms with Crippen molar-refractivity contribution in [3.8, 4) is 0 Å². The van der Waals surface area contributed by atoms with E-state index in [0.29, 0.717) is 6.54 Å². The fourth-order valence-corrected chi connectivity index (χ4v) is 1.08. The maximum atomic E-state index is 11.7. The minimum Gasteiger partial charge on any atom is -0.354 e. The molecule has 1 atom stereocenters. The first-order chi connectivity index (χ1) is 7.79. The van der Waals surface area contributed by atoms with Crippen LogP contribution < -0.4 is 10.6 Å². The molecule has 4 nitrogen and oxygen atoms in total. The lowest BCUT2D eigenvalue weighted by Gasteiger charge is -2.21. The largest absolute Gasteiger partial charge is 0.354 e. The number of amides is 2. The topological polar surface area (TPSA) is 58.2 Å². The Kier molecular flexibility index (Phi) is 6.54. The summed E-state index contributed by atoms with van der Waals surface area (Å²) in [7, 11) is 0. The fraction of sp³-hybridized carbons (Fsp3) is 0.692. The van der Waals surface area contributed by atoms with E-state index in [4.69, 9.17) is 0 Å². The lowest BCUT2D eigenvalue weighted by atomic mass is 9.95. The fourth-order valence-electron chi connectivity index (χ4n) is 1.08. The van der Waals surface area contributed by atoms with Gasteiger partial charge in [0.1, 0.15) is 6.04 Å². The zero-order valence-electron chi connectivity index (χ0n) is 11.5. The van der Waals surface area contributed by atoms with Crippen molar-refractivity contribution in [2.75, 3.05) is 6.54 Å². The van der Waals surface area contributed by atoms with Crippen molar-refractivity contribution in [2.24, 2.45) is 5.41 Å². The van der Waals surface area contributed by atoms with Crippen molar-refractivity contribution in [3.63, 3.8) is 0 Å². The van der Waals surface area contributed by atoms with E-state index in [2.05, 4.69) is 10.6 Å². The third kappa shape index (κ3) is 6.76. The van der Waals surface area contributed by atoms with Crippen molar-refractivity contribution >= 4 is 11.8 Å². The Morgan fingerprint density at radius 1 is 1.29 bits per heavy atom. The molecule has 0 bridgehead atoms. The second-order valence-electron chi connectivity index (χ2n) is 5.09. The van der Waals surface area contributed by atoms with Gasteiger partial charge in [-0.15, -0.1) is 0 Å². The highest BCUT2D eigenvalue weighted by Crippen LogP contribution is 2.12. The van der Waals surface area contributed by atoms with Gasteiger partial charge in [0, 0.05) is 12.0 Å². The van der Waals surface area contributed by atoms with Crippen molar-refractivity contribution in [1.82, 2.24) is 10.6 Å². The summed E-state index contributed by atoms with van der Waals surface area (Å²) in [5.41, 5.74) is -0.473. The first-order valence-corrected chi connectivity index (χ1v) is 5.99. The first kappa shape index (κ1) is 15.7. The smallest absolute Gasteiger partial charge is 0.242 e. The second-order valence-corrected chi connectivity index (χ2v) is 5.09. The van der Waals surface area contributed by atoms with E-state index in [1.54, 1.807) is 6.92 Å². The normalized spacial score (nSPS) is 13.5. The Labute approximate surface area is 104 Å². The van der Waals surface area contributed by atoms with Gasteiger partial charge in [-0.2, -0.15) is 0 Å². The predicted molar refractivity (Wildman–Crippen MR) is 69.5 cm³/mol. The van der Waals surface area contributed by atoms with E-state index in [1.807, 2.05) is 39.8 Å². The van der Waals surface area contributed by atoms with Gasteiger partial charge in [-0.3, -0.25) is 9.59 Å². The lowest BCUT2D eigenvalue weighted by Crippen LogP contribution is -2.48. The molecule has 0 aromatic carbocycles. The van der Waals surface area contributed by atoms with Crippen LogP contribution in [0.25, 0.3) is 0 Å². The Balaban J connectivity index is 4.02. The van der Waals surface area contributed by atoms with Gasteiger partial charge in [0.25, 0.3) is 0 Å². The van der Waals surface area contributed by atoms with Crippen LogP contribution in [0.3, 0.4) is 0 Å². The zero-order valence-corrected chi connectivity index (χ0v) is 11.5. The number of hydrogen-bond donors (Lipinski definition) is 2. The van der Waals surface area contributed by atoms with Crippen LogP contribution in [0.15, 0.2) is 12.2 Å². The second kappa shape index (κ2) is 7.09. The van der Waals surface area contributed by atoms with Gasteiger partial charge in [0.2, 0.25) is 11.8 Å². The predicted octanol–water partition coefficient (Wildman–Crippen LogP) is 1.62. The molecule has 0 aliphatic rings. The SMILES string of the molecule is C/C=C/CCNC(=O)C(C)NC(=O)C(C)(C)C. The Morgan fingerprint density at radius 2 is 1.88 bits per heavy atom. The summed E-state index contributed by atoms with van der Waals surface area (Å²) in [6.45, 7) is 9.68. The Hall–Kier alpha value is -1.32. The van der Waals surface area contributed by atoms with Crippen LogP contribution in [-0.2, 0) is 9.59 Å². The van der Waals surface area contributed by atoms with E-state index >= 15 is 0 Å². The molecule has 17 heavy (non-hydrogen) atoms. The number of nitrogens with one attached hydrogen (secondary N) is 2. The summed E-state index contributed by atoms with van der Waals surface area (Å²) in [6, 6.07) is -0.493. The van der Waals surface area contributed by atoms with E-state index in [-0.39, 0.29) is 11.8 Å². The zero-order chi connectivity index (χ0) is 13.5. The van der Waals surface area contributed by atoms with Gasteiger partial charge < -0.3 is 10.6 Å². The highest BCUT2D eigenvalue weighted by Gasteiger charge is 2.24. The van der Waals surface area contributed by atoms with Gasteiger partial charge in [-0.1, -0.05) is 32.9 Å². The molecule has 2 amide bonds. The van der Waals surface area contributed by atoms with Gasteiger partial charge in [-0.05, 0) is 20.3 Å². The molecular formula is C13H24N2O2. The molecule has 0 heterocycles. The van der Waals surface area contributed by atoms with Crippen LogP contribution in [0.4, 0.5) is 0 Å². The highest BCUT2D eigenvalue weighted by atomic mass is 16.2. The Bertz CT molecular complexity index is 290. The molecule has 0 aromatic heterocycles. The van der Waals surface area contributed by atoms with Crippen LogP contribution >= 0.6 is 0 Å². The molecule has 0 saturated heterocycles. The van der Waals surface area contributed by atoms with Crippen molar-refractivity contribution in [2.45, 2.75) is 47.1 Å². The molecular weight excluding hydrogens is 216 g/mol. The summed E-state index contributed by atoms with van der Waals surface area (Å²) >= 11 is 0. The molecule has 2 N–H and O–H groups in total. The monoisotopic (exact) mass is 240 g/mol. The van der Waals surface area contributed by atoms with E-state index < -0.39 is 11.5 Å². The third-order valence-electron chi connectivity index (χ3n) is 2.27. The molecule has 98 valence electrons. The van der Waals surface area contributed by atoms with Gasteiger partial charge in [0.05, 0.1) is 0 Å². The lowest BCUT2D eigenvalue weighted by molar-refractivity contribution is -0.133. The summed E-state index contributed by atoms with van der Waals surface area (Å²) in [4.78, 5) is 23.3. The minimum atomic E-state index is -0.493. The van der Waals surface area contributed by atoms with Crippen molar-refractivity contribution in [3.05, 3.63) is 12.2 Å². The summed E-state index contributed by atoms with van der Waals surface area (Å²) in [6.07, 6.45) is 4.73. The average molecular weight is 240 g/mol. The van der Waals surface area contributed by atoms with Crippen molar-refractivity contribution in [1.29, 1.82) is 0 Å². The molecule has 0 radical (unpaired) electrons. The summed E-state index contributed by atoms with van der Waals surface area (Å²) in [5.74, 6) is -0.263. The quantitative estimate of drug-likeness (QED) is 0.566. The molecule has 0 aliphatic heterocycles. The summed E-state index contributed by atoms with van der Waals surface area (Å²) in [5, 5.41) is 5.46. The number of carbonyl (C=O) groups is 2. The number of hydrogen-bond acceptors (Lipinski definition) is 2. The molecule has 1 unspecified atom stereocenters. The first-order valence-electron chi connectivity index (χ1n) is 5.99. The molecule has 0 fully saturated rings. The minimum absolute atomic E-state index is 0.117. The number of allylic oxidation sites excluding steroid dienone is 1. The molecule has 0 aromatic rings. The number of rotatable bonds is 5. The average Bonchev–Trinajstić information content (AvgIpc) is 2.22. The van der Waals surface area contributed by atoms with E-state index in [0.717, 1.165) is 6.42 Å². The van der Waals surface area contributed by atoms with Gasteiger partial charge in [-0.25, -0.2) is 0 Å². The van der Waals surface area contributed by atoms with E-state index in [1.165, 1.54) is 0 Å². The van der Waals surface area contributed by atoms with E-state index in [9.17, 15) is 9.59 Å². The number of carbonyl (C=O) groups excluding carboxylic acids is 2. The maximum Gasteiger partial charge on any atom is 0.242 e. The van der Waals surface area contributed by atoms with Crippen LogP contribution in [-0.4, -0.2) is 24.4 Å². The molecule has 0 aliphatic carbocycles. The molecule has 0 saturated carbocycles. The highest BCUT2D eigenvalue weighted by molar-refractivity contribution is 5.89. The molecule has 4 heteroatoms. The van der Waals surface area contributed by atoms with Crippen molar-refractivity contribution < 1.29 is 9.59 Å². The summed E-state index contributed by atoms with van der Waals surface area (Å²) < 4.78 is 0.